The lowest BCUT2D eigenvalue weighted by atomic mass is 9.98. The molecule has 0 aromatic carbocycles. The van der Waals surface area contributed by atoms with Gasteiger partial charge in [-0.1, -0.05) is 0 Å². The average Bonchev–Trinajstić information content (AvgIpc) is 2.72. The molecule has 2 heterocycles. The van der Waals surface area contributed by atoms with E-state index in [9.17, 15) is 30.6 Å². The fourth-order valence-electron chi connectivity index (χ4n) is 3.34. The van der Waals surface area contributed by atoms with Crippen molar-refractivity contribution in [2.24, 2.45) is 0 Å². The van der Waals surface area contributed by atoms with Crippen LogP contribution in [0.4, 0.5) is 0 Å². The summed E-state index contributed by atoms with van der Waals surface area (Å²) in [5.41, 5.74) is 0. The second kappa shape index (κ2) is 13.3. The zero-order chi connectivity index (χ0) is 21.6. The Morgan fingerprint density at radius 3 is 1.30 bits per heavy atom. The normalized spacial score (nSPS) is 42.0. The molecule has 2 rings (SSSR count). The summed E-state index contributed by atoms with van der Waals surface area (Å²) in [6.45, 7) is 0.986. The number of hydrogen-bond acceptors (Lipinski definition) is 12. The van der Waals surface area contributed by atoms with Crippen LogP contribution in [0.5, 0.6) is 0 Å². The first-order valence-electron chi connectivity index (χ1n) is 9.71. The number of aliphatic hydroxyl groups excluding tert-OH is 8. The van der Waals surface area contributed by atoms with Crippen molar-refractivity contribution in [1.82, 2.24) is 10.6 Å². The third-order valence-electron chi connectivity index (χ3n) is 5.17. The average molecular weight is 464 g/mol. The molecule has 0 aromatic rings. The molecule has 0 unspecified atom stereocenters. The Bertz CT molecular complexity index is 441. The van der Waals surface area contributed by atoms with E-state index in [1.54, 1.807) is 0 Å². The second-order valence-electron chi connectivity index (χ2n) is 7.27. The van der Waals surface area contributed by atoms with Gasteiger partial charge in [-0.25, -0.2) is 0 Å². The Hall–Kier alpha value is -0.230. The van der Waals surface area contributed by atoms with Crippen molar-refractivity contribution in [3.8, 4) is 0 Å². The summed E-state index contributed by atoms with van der Waals surface area (Å²) in [6.07, 6.45) is -12.1. The number of hydrogen-bond donors (Lipinski definition) is 11. The molecular formula is C16H34ClN3O10. The lowest BCUT2D eigenvalue weighted by Gasteiger charge is -2.40. The lowest BCUT2D eigenvalue weighted by molar-refractivity contribution is -0.651. The maximum absolute atomic E-state index is 9.92. The number of aliphatic hydroxyl groups is 8. The Morgan fingerprint density at radius 1 is 0.600 bits per heavy atom. The highest BCUT2D eigenvalue weighted by atomic mass is 35.5. The molecule has 12 N–H and O–H groups in total. The first kappa shape index (κ1) is 27.8. The van der Waals surface area contributed by atoms with E-state index in [1.165, 1.54) is 0 Å². The molecule has 10 atom stereocenters. The zero-order valence-corrected chi connectivity index (χ0v) is 17.1. The maximum atomic E-state index is 9.92. The Morgan fingerprint density at radius 2 is 0.967 bits per heavy atom. The van der Waals surface area contributed by atoms with Crippen LogP contribution < -0.4 is 28.4 Å². The molecule has 0 amide bonds. The van der Waals surface area contributed by atoms with Crippen LogP contribution in [0.25, 0.3) is 0 Å². The third-order valence-corrected chi connectivity index (χ3v) is 5.17. The Labute approximate surface area is 180 Å². The van der Waals surface area contributed by atoms with E-state index >= 15 is 0 Å². The zero-order valence-electron chi connectivity index (χ0n) is 16.4. The molecule has 2 aliphatic rings. The number of nitrogens with one attached hydrogen (secondary N) is 2. The van der Waals surface area contributed by atoms with E-state index in [1.807, 2.05) is 5.32 Å². The monoisotopic (exact) mass is 463 g/mol. The van der Waals surface area contributed by atoms with Crippen molar-refractivity contribution >= 4 is 0 Å². The van der Waals surface area contributed by atoms with Crippen LogP contribution in [-0.2, 0) is 9.47 Å². The van der Waals surface area contributed by atoms with Crippen LogP contribution in [0.15, 0.2) is 0 Å². The molecule has 13 nitrogen and oxygen atoms in total. The highest BCUT2D eigenvalue weighted by molar-refractivity contribution is 4.91. The molecule has 2 fully saturated rings. The van der Waals surface area contributed by atoms with Crippen LogP contribution in [0.2, 0.25) is 0 Å². The summed E-state index contributed by atoms with van der Waals surface area (Å²) in [7, 11) is 0. The molecule has 0 bridgehead atoms. The molecule has 14 heteroatoms. The molecule has 2 aliphatic heterocycles. The third kappa shape index (κ3) is 6.88. The van der Waals surface area contributed by atoms with Crippen molar-refractivity contribution in [2.45, 2.75) is 61.3 Å². The van der Waals surface area contributed by atoms with E-state index in [2.05, 4.69) is 10.6 Å². The highest BCUT2D eigenvalue weighted by Gasteiger charge is 2.44. The van der Waals surface area contributed by atoms with Gasteiger partial charge in [-0.2, -0.15) is 0 Å². The summed E-state index contributed by atoms with van der Waals surface area (Å²) in [5.74, 6) is 0. The van der Waals surface area contributed by atoms with Crippen molar-refractivity contribution < 1.29 is 68.0 Å². The van der Waals surface area contributed by atoms with Crippen LogP contribution >= 0.6 is 0 Å². The summed E-state index contributed by atoms with van der Waals surface area (Å²) >= 11 is 0. The van der Waals surface area contributed by atoms with Crippen LogP contribution in [0.1, 0.15) is 0 Å². The molecule has 0 radical (unpaired) electrons. The van der Waals surface area contributed by atoms with Crippen LogP contribution in [-0.4, -0.2) is 142 Å². The fourth-order valence-corrected chi connectivity index (χ4v) is 3.34. The number of halogens is 1. The maximum Gasteiger partial charge on any atom is 0.137 e. The van der Waals surface area contributed by atoms with E-state index in [4.69, 9.17) is 19.7 Å². The number of quaternary nitrogens is 1. The van der Waals surface area contributed by atoms with Gasteiger partial charge in [0.1, 0.15) is 61.3 Å². The molecule has 0 spiro atoms. The molecule has 0 aliphatic carbocycles. The van der Waals surface area contributed by atoms with Gasteiger partial charge in [0, 0.05) is 13.1 Å². The first-order valence-corrected chi connectivity index (χ1v) is 9.71. The van der Waals surface area contributed by atoms with Gasteiger partial charge in [-0.05, 0) is 0 Å². The molecule has 2 saturated heterocycles. The molecule has 0 saturated carbocycles. The van der Waals surface area contributed by atoms with Crippen molar-refractivity contribution in [3.05, 3.63) is 0 Å². The summed E-state index contributed by atoms with van der Waals surface area (Å²) in [5, 5.41) is 84.8. The second-order valence-corrected chi connectivity index (χ2v) is 7.27. The van der Waals surface area contributed by atoms with E-state index in [-0.39, 0.29) is 12.4 Å². The number of nitrogens with two attached hydrogens (primary N) is 1. The van der Waals surface area contributed by atoms with E-state index in [0.29, 0.717) is 26.2 Å². The van der Waals surface area contributed by atoms with Gasteiger partial charge in [-0.3, -0.25) is 10.6 Å². The standard InChI is InChI=1S/C16H33N3O10.ClH/c20-5-7-9(22)11(24)13(26)15(28-7)18-3-1-17-2-4-19-16-14(27)12(25)10(23)8(6-21)29-16;/h7-27H,1-6H2;1H/t7-,8-,9+,10+,11+,12+,13-,14-,15-,16-;/m1./s1. The summed E-state index contributed by atoms with van der Waals surface area (Å²) in [4.78, 5) is 0. The largest absolute Gasteiger partial charge is 1.00 e. The Balaban J connectivity index is 0.00000450. The van der Waals surface area contributed by atoms with Gasteiger partial charge in [0.05, 0.1) is 26.3 Å². The number of ether oxygens (including phenoxy) is 2. The number of rotatable bonds is 10. The molecule has 30 heavy (non-hydrogen) atoms. The van der Waals surface area contributed by atoms with Gasteiger partial charge in [-0.15, -0.1) is 0 Å². The van der Waals surface area contributed by atoms with Gasteiger partial charge >= 0.3 is 0 Å². The quantitative estimate of drug-likeness (QED) is 0.136. The van der Waals surface area contributed by atoms with Crippen molar-refractivity contribution in [1.29, 1.82) is 0 Å². The van der Waals surface area contributed by atoms with Crippen LogP contribution in [0.3, 0.4) is 0 Å². The Kier molecular flexibility index (Phi) is 12.4. The van der Waals surface area contributed by atoms with E-state index in [0.717, 1.165) is 0 Å². The van der Waals surface area contributed by atoms with Gasteiger partial charge < -0.3 is 68.0 Å². The summed E-state index contributed by atoms with van der Waals surface area (Å²) < 4.78 is 10.7. The van der Waals surface area contributed by atoms with Crippen LogP contribution in [0, 0.1) is 0 Å². The first-order chi connectivity index (χ1) is 13.8. The van der Waals surface area contributed by atoms with Crippen molar-refractivity contribution in [3.63, 3.8) is 0 Å². The molecule has 180 valence electrons. The van der Waals surface area contributed by atoms with Gasteiger partial charge in [0.15, 0.2) is 0 Å². The summed E-state index contributed by atoms with van der Waals surface area (Å²) in [6, 6.07) is 0. The fraction of sp³-hybridized carbons (Fsp3) is 1.00. The predicted octanol–water partition coefficient (Wildman–Crippen LogP) is -10.7. The predicted molar refractivity (Wildman–Crippen MR) is 95.2 cm³/mol. The SMILES string of the molecule is OC[C@H]1O[C@@H](NCC[NH2+]CCN[C@@H]2O[C@H](CO)[C@H](O)[C@H](O)[C@H]2O)[C@H](O)[C@@H](O)[C@H]1O.[Cl-]. The highest BCUT2D eigenvalue weighted by Crippen LogP contribution is 2.20. The van der Waals surface area contributed by atoms with Gasteiger partial charge in [0.2, 0.25) is 0 Å². The smallest absolute Gasteiger partial charge is 0.137 e. The minimum absolute atomic E-state index is 0. The topological polar surface area (TPSA) is 221 Å². The van der Waals surface area contributed by atoms with Crippen molar-refractivity contribution in [2.75, 3.05) is 39.4 Å². The minimum Gasteiger partial charge on any atom is -1.00 e. The minimum atomic E-state index is -1.43. The van der Waals surface area contributed by atoms with E-state index < -0.39 is 74.5 Å². The van der Waals surface area contributed by atoms with Gasteiger partial charge in [0.25, 0.3) is 0 Å². The molecule has 0 aromatic heterocycles. The lowest BCUT2D eigenvalue weighted by Crippen LogP contribution is -3.00. The molecular weight excluding hydrogens is 430 g/mol.